The summed E-state index contributed by atoms with van der Waals surface area (Å²) in [6, 6.07) is 10.1. The molecule has 1 aromatic rings. The van der Waals surface area contributed by atoms with Gasteiger partial charge >= 0.3 is 6.16 Å². The van der Waals surface area contributed by atoms with Gasteiger partial charge in [-0.3, -0.25) is 4.79 Å². The highest BCUT2D eigenvalue weighted by molar-refractivity contribution is 5.77. The van der Waals surface area contributed by atoms with Crippen LogP contribution < -0.4 is 5.32 Å². The minimum Gasteiger partial charge on any atom is -0.427 e. The van der Waals surface area contributed by atoms with E-state index in [2.05, 4.69) is 17.4 Å². The molecule has 1 heterocycles. The molecule has 1 amide bonds. The second-order valence-corrected chi connectivity index (χ2v) is 7.84. The topological polar surface area (TPSA) is 77.1 Å². The molecular formula is C20H30N2O5. The van der Waals surface area contributed by atoms with Crippen molar-refractivity contribution in [1.82, 2.24) is 10.4 Å². The lowest BCUT2D eigenvalue weighted by atomic mass is 9.73. The summed E-state index contributed by atoms with van der Waals surface area (Å²) in [5.41, 5.74) is 0.365. The van der Waals surface area contributed by atoms with Crippen molar-refractivity contribution in [2.75, 3.05) is 33.4 Å². The predicted molar refractivity (Wildman–Crippen MR) is 101 cm³/mol. The van der Waals surface area contributed by atoms with Crippen molar-refractivity contribution in [3.05, 3.63) is 35.9 Å². The standard InChI is InChI=1S/C20H30N2O5/c1-19(2,3)26-18(24)27-22-12-10-20(11-13-22,15-21-17(23)14-25-4)16-8-6-5-7-9-16/h5-9H,10-15H2,1-4H3,(H,21,23). The Morgan fingerprint density at radius 2 is 1.78 bits per heavy atom. The Labute approximate surface area is 160 Å². The summed E-state index contributed by atoms with van der Waals surface area (Å²) >= 11 is 0. The molecule has 0 radical (unpaired) electrons. The Hall–Kier alpha value is -2.12. The van der Waals surface area contributed by atoms with Crippen LogP contribution in [0.25, 0.3) is 0 Å². The predicted octanol–water partition coefficient (Wildman–Crippen LogP) is 2.65. The smallest absolute Gasteiger partial charge is 0.427 e. The van der Waals surface area contributed by atoms with Crippen molar-refractivity contribution < 1.29 is 23.9 Å². The average Bonchev–Trinajstić information content (AvgIpc) is 2.61. The van der Waals surface area contributed by atoms with E-state index in [1.54, 1.807) is 25.8 Å². The van der Waals surface area contributed by atoms with E-state index >= 15 is 0 Å². The van der Waals surface area contributed by atoms with Crippen molar-refractivity contribution in [2.24, 2.45) is 0 Å². The SMILES string of the molecule is COCC(=O)NCC1(c2ccccc2)CCN(OC(=O)OC(C)(C)C)CC1. The van der Waals surface area contributed by atoms with E-state index in [-0.39, 0.29) is 17.9 Å². The average molecular weight is 378 g/mol. The molecule has 7 heteroatoms. The molecular weight excluding hydrogens is 348 g/mol. The van der Waals surface area contributed by atoms with E-state index in [9.17, 15) is 9.59 Å². The molecule has 0 atom stereocenters. The molecule has 7 nitrogen and oxygen atoms in total. The first kappa shape index (κ1) is 21.2. The van der Waals surface area contributed by atoms with Gasteiger partial charge in [-0.2, -0.15) is 0 Å². The fourth-order valence-electron chi connectivity index (χ4n) is 3.19. The van der Waals surface area contributed by atoms with Crippen LogP contribution in [0.5, 0.6) is 0 Å². The highest BCUT2D eigenvalue weighted by Gasteiger charge is 2.38. The van der Waals surface area contributed by atoms with E-state index in [1.165, 1.54) is 12.7 Å². The van der Waals surface area contributed by atoms with E-state index in [1.807, 2.05) is 18.2 Å². The number of piperidine rings is 1. The van der Waals surface area contributed by atoms with Crippen LogP contribution in [-0.4, -0.2) is 56.1 Å². The van der Waals surface area contributed by atoms with Crippen LogP contribution in [0.1, 0.15) is 39.2 Å². The molecule has 2 rings (SSSR count). The van der Waals surface area contributed by atoms with Crippen LogP contribution >= 0.6 is 0 Å². The number of benzene rings is 1. The number of hydrogen-bond donors (Lipinski definition) is 1. The molecule has 1 fully saturated rings. The summed E-state index contributed by atoms with van der Waals surface area (Å²) in [6.07, 6.45) is 0.795. The van der Waals surface area contributed by atoms with Gasteiger partial charge in [0.15, 0.2) is 0 Å². The second-order valence-electron chi connectivity index (χ2n) is 7.84. The van der Waals surface area contributed by atoms with Gasteiger partial charge in [-0.05, 0) is 39.2 Å². The number of carbonyl (C=O) groups excluding carboxylic acids is 2. The van der Waals surface area contributed by atoms with E-state index in [0.717, 1.165) is 12.8 Å². The maximum atomic E-state index is 11.9. The maximum Gasteiger partial charge on any atom is 0.528 e. The van der Waals surface area contributed by atoms with Crippen LogP contribution in [0.2, 0.25) is 0 Å². The fraction of sp³-hybridized carbons (Fsp3) is 0.600. The van der Waals surface area contributed by atoms with E-state index in [0.29, 0.717) is 19.6 Å². The zero-order valence-electron chi connectivity index (χ0n) is 16.6. The lowest BCUT2D eigenvalue weighted by Crippen LogP contribution is -2.50. The monoisotopic (exact) mass is 378 g/mol. The molecule has 0 saturated carbocycles. The van der Waals surface area contributed by atoms with Crippen LogP contribution in [0.4, 0.5) is 4.79 Å². The van der Waals surface area contributed by atoms with Gasteiger partial charge < -0.3 is 19.6 Å². The van der Waals surface area contributed by atoms with Gasteiger partial charge in [-0.1, -0.05) is 30.3 Å². The van der Waals surface area contributed by atoms with Gasteiger partial charge in [0.05, 0.1) is 0 Å². The molecule has 0 aliphatic carbocycles. The number of nitrogens with zero attached hydrogens (tertiary/aromatic N) is 1. The molecule has 0 aromatic heterocycles. The Bertz CT molecular complexity index is 619. The first-order valence-electron chi connectivity index (χ1n) is 9.21. The minimum atomic E-state index is -0.692. The van der Waals surface area contributed by atoms with Gasteiger partial charge in [-0.25, -0.2) is 4.79 Å². The third-order valence-electron chi connectivity index (χ3n) is 4.56. The van der Waals surface area contributed by atoms with Crippen LogP contribution in [0.15, 0.2) is 30.3 Å². The summed E-state index contributed by atoms with van der Waals surface area (Å²) in [7, 11) is 1.50. The lowest BCUT2D eigenvalue weighted by Gasteiger charge is -2.41. The summed E-state index contributed by atoms with van der Waals surface area (Å²) in [4.78, 5) is 29.1. The second kappa shape index (κ2) is 9.19. The number of hydroxylamine groups is 2. The maximum absolute atomic E-state index is 11.9. The van der Waals surface area contributed by atoms with Crippen molar-refractivity contribution in [1.29, 1.82) is 0 Å². The van der Waals surface area contributed by atoms with Gasteiger partial charge in [0, 0.05) is 32.2 Å². The fourth-order valence-corrected chi connectivity index (χ4v) is 3.19. The van der Waals surface area contributed by atoms with Crippen LogP contribution in [0, 0.1) is 0 Å². The zero-order valence-corrected chi connectivity index (χ0v) is 16.6. The molecule has 1 aliphatic heterocycles. The number of methoxy groups -OCH3 is 1. The molecule has 27 heavy (non-hydrogen) atoms. The highest BCUT2D eigenvalue weighted by Crippen LogP contribution is 2.35. The number of ether oxygens (including phenoxy) is 2. The van der Waals surface area contributed by atoms with Gasteiger partial charge in [-0.15, -0.1) is 5.06 Å². The first-order chi connectivity index (χ1) is 12.7. The molecule has 0 unspecified atom stereocenters. The number of rotatable bonds is 6. The zero-order chi connectivity index (χ0) is 19.9. The van der Waals surface area contributed by atoms with Crippen molar-refractivity contribution >= 4 is 12.1 Å². The van der Waals surface area contributed by atoms with Gasteiger partial charge in [0.25, 0.3) is 0 Å². The number of hydrogen-bond acceptors (Lipinski definition) is 6. The normalized spacial score (nSPS) is 17.2. The summed E-state index contributed by atoms with van der Waals surface area (Å²) in [6.45, 7) is 7.08. The van der Waals surface area contributed by atoms with Crippen LogP contribution in [-0.2, 0) is 24.5 Å². The Morgan fingerprint density at radius 1 is 1.15 bits per heavy atom. The number of carbonyl (C=O) groups is 2. The Morgan fingerprint density at radius 3 is 2.33 bits per heavy atom. The molecule has 1 saturated heterocycles. The van der Waals surface area contributed by atoms with Crippen molar-refractivity contribution in [3.63, 3.8) is 0 Å². The summed E-state index contributed by atoms with van der Waals surface area (Å²) < 4.78 is 10.1. The largest absolute Gasteiger partial charge is 0.528 e. The minimum absolute atomic E-state index is 0.0404. The number of amides is 1. The molecule has 1 N–H and O–H groups in total. The van der Waals surface area contributed by atoms with E-state index < -0.39 is 11.8 Å². The molecule has 1 aromatic carbocycles. The highest BCUT2D eigenvalue weighted by atomic mass is 16.8. The van der Waals surface area contributed by atoms with Crippen LogP contribution in [0.3, 0.4) is 0 Å². The third kappa shape index (κ3) is 6.52. The Balaban J connectivity index is 2.01. The molecule has 0 bridgehead atoms. The quantitative estimate of drug-likeness (QED) is 0.767. The van der Waals surface area contributed by atoms with Gasteiger partial charge in [0.2, 0.25) is 5.91 Å². The van der Waals surface area contributed by atoms with E-state index in [4.69, 9.17) is 14.3 Å². The number of nitrogens with one attached hydrogen (secondary N) is 1. The lowest BCUT2D eigenvalue weighted by molar-refractivity contribution is -0.157. The van der Waals surface area contributed by atoms with Crippen molar-refractivity contribution in [3.8, 4) is 0 Å². The third-order valence-corrected chi connectivity index (χ3v) is 4.56. The van der Waals surface area contributed by atoms with Crippen molar-refractivity contribution in [2.45, 2.75) is 44.6 Å². The summed E-state index contributed by atoms with van der Waals surface area (Å²) in [5.74, 6) is -0.139. The molecule has 0 spiro atoms. The molecule has 1 aliphatic rings. The molecule has 150 valence electrons. The van der Waals surface area contributed by atoms with Gasteiger partial charge in [0.1, 0.15) is 12.2 Å². The Kier molecular flexibility index (Phi) is 7.21. The summed E-state index contributed by atoms with van der Waals surface area (Å²) in [5, 5.41) is 4.60. The first-order valence-corrected chi connectivity index (χ1v) is 9.21.